The third-order valence-corrected chi connectivity index (χ3v) is 2.28. The van der Waals surface area contributed by atoms with Crippen molar-refractivity contribution in [2.24, 2.45) is 0 Å². The summed E-state index contributed by atoms with van der Waals surface area (Å²) < 4.78 is 0. The maximum atomic E-state index is 11.6. The van der Waals surface area contributed by atoms with E-state index in [-0.39, 0.29) is 5.78 Å². The summed E-state index contributed by atoms with van der Waals surface area (Å²) >= 11 is 0. The topological polar surface area (TPSA) is 23.6 Å². The van der Waals surface area contributed by atoms with Crippen LogP contribution in [0, 0.1) is 0 Å². The molecule has 0 bridgehead atoms. The highest BCUT2D eigenvalue weighted by Gasteiger charge is 2.19. The van der Waals surface area contributed by atoms with Gasteiger partial charge in [-0.3, -0.25) is 9.69 Å². The van der Waals surface area contributed by atoms with E-state index < -0.39 is 0 Å². The Morgan fingerprint density at radius 3 is 2.69 bits per heavy atom. The molecule has 1 rings (SSSR count). The van der Waals surface area contributed by atoms with Crippen LogP contribution in [0.3, 0.4) is 0 Å². The van der Waals surface area contributed by atoms with Crippen LogP contribution < -0.4 is 0 Å². The number of piperidine rings is 1. The van der Waals surface area contributed by atoms with Crippen LogP contribution in [-0.4, -0.2) is 49.3 Å². The zero-order valence-corrected chi connectivity index (χ0v) is 8.71. The van der Waals surface area contributed by atoms with Crippen LogP contribution in [-0.2, 0) is 4.79 Å². The zero-order valence-electron chi connectivity index (χ0n) is 8.71. The van der Waals surface area contributed by atoms with Crippen LogP contribution in [0.15, 0.2) is 11.8 Å². The number of hydrogen-bond donors (Lipinski definition) is 0. The lowest BCUT2D eigenvalue weighted by Gasteiger charge is -2.26. The summed E-state index contributed by atoms with van der Waals surface area (Å²) in [4.78, 5) is 15.7. The fourth-order valence-corrected chi connectivity index (χ4v) is 1.52. The Bertz CT molecular complexity index is 221. The second kappa shape index (κ2) is 4.42. The minimum atomic E-state index is 0.279. The van der Waals surface area contributed by atoms with E-state index in [1.54, 1.807) is 0 Å². The van der Waals surface area contributed by atoms with Gasteiger partial charge in [0.25, 0.3) is 0 Å². The minimum absolute atomic E-state index is 0.279. The molecule has 74 valence electrons. The van der Waals surface area contributed by atoms with Gasteiger partial charge in [0, 0.05) is 32.4 Å². The van der Waals surface area contributed by atoms with E-state index in [1.165, 1.54) is 0 Å². The number of likely N-dealkylation sites (tertiary alicyclic amines) is 1. The van der Waals surface area contributed by atoms with Crippen molar-refractivity contribution in [2.45, 2.75) is 13.3 Å². The zero-order chi connectivity index (χ0) is 9.84. The van der Waals surface area contributed by atoms with Crippen molar-refractivity contribution in [3.63, 3.8) is 0 Å². The predicted octanol–water partition coefficient (Wildman–Crippen LogP) is 0.727. The van der Waals surface area contributed by atoms with Crippen LogP contribution in [0.25, 0.3) is 0 Å². The van der Waals surface area contributed by atoms with Crippen LogP contribution in [0.1, 0.15) is 13.3 Å². The number of hydrogen-bond acceptors (Lipinski definition) is 3. The highest BCUT2D eigenvalue weighted by atomic mass is 16.1. The van der Waals surface area contributed by atoms with Gasteiger partial charge < -0.3 is 4.90 Å². The highest BCUT2D eigenvalue weighted by molar-refractivity contribution is 5.97. The Morgan fingerprint density at radius 1 is 1.54 bits per heavy atom. The monoisotopic (exact) mass is 182 g/mol. The fourth-order valence-electron chi connectivity index (χ4n) is 1.52. The van der Waals surface area contributed by atoms with E-state index in [1.807, 2.05) is 25.2 Å². The molecular formula is C10H18N2O. The minimum Gasteiger partial charge on any atom is -0.383 e. The summed E-state index contributed by atoms with van der Waals surface area (Å²) in [5, 5.41) is 0. The molecular weight excluding hydrogens is 164 g/mol. The number of ketones is 1. The SMILES string of the molecule is CCN1CC/C(=C\N(C)C)C(=O)C1. The van der Waals surface area contributed by atoms with E-state index in [4.69, 9.17) is 0 Å². The summed E-state index contributed by atoms with van der Waals surface area (Å²) in [5.41, 5.74) is 0.967. The molecule has 0 radical (unpaired) electrons. The molecule has 0 N–H and O–H groups in total. The van der Waals surface area contributed by atoms with Gasteiger partial charge in [-0.1, -0.05) is 6.92 Å². The van der Waals surface area contributed by atoms with Gasteiger partial charge in [-0.15, -0.1) is 0 Å². The van der Waals surface area contributed by atoms with E-state index in [9.17, 15) is 4.79 Å². The maximum Gasteiger partial charge on any atom is 0.174 e. The highest BCUT2D eigenvalue weighted by Crippen LogP contribution is 2.12. The Balaban J connectivity index is 2.58. The first-order chi connectivity index (χ1) is 6.13. The largest absolute Gasteiger partial charge is 0.383 e. The van der Waals surface area contributed by atoms with Crippen LogP contribution in [0.5, 0.6) is 0 Å². The molecule has 1 aliphatic rings. The van der Waals surface area contributed by atoms with Crippen molar-refractivity contribution in [2.75, 3.05) is 33.7 Å². The first kappa shape index (κ1) is 10.3. The third kappa shape index (κ3) is 2.84. The second-order valence-corrected chi connectivity index (χ2v) is 3.66. The molecule has 0 aromatic carbocycles. The van der Waals surface area contributed by atoms with Gasteiger partial charge >= 0.3 is 0 Å². The fraction of sp³-hybridized carbons (Fsp3) is 0.700. The Kier molecular flexibility index (Phi) is 3.48. The molecule has 0 unspecified atom stereocenters. The number of Topliss-reactive ketones (excluding diaryl/α,β-unsaturated/α-hetero) is 1. The molecule has 0 saturated carbocycles. The molecule has 3 heteroatoms. The first-order valence-electron chi connectivity index (χ1n) is 4.76. The summed E-state index contributed by atoms with van der Waals surface area (Å²) in [5.74, 6) is 0.279. The summed E-state index contributed by atoms with van der Waals surface area (Å²) in [6.07, 6.45) is 2.83. The molecule has 1 aliphatic heterocycles. The van der Waals surface area contributed by atoms with Gasteiger partial charge in [0.1, 0.15) is 0 Å². The number of carbonyl (C=O) groups excluding carboxylic acids is 1. The number of rotatable bonds is 2. The van der Waals surface area contributed by atoms with Crippen molar-refractivity contribution in [1.82, 2.24) is 9.80 Å². The van der Waals surface area contributed by atoms with Crippen molar-refractivity contribution < 1.29 is 4.79 Å². The third-order valence-electron chi connectivity index (χ3n) is 2.28. The van der Waals surface area contributed by atoms with Gasteiger partial charge in [0.2, 0.25) is 0 Å². The number of carbonyl (C=O) groups is 1. The molecule has 0 aromatic heterocycles. The molecule has 0 aliphatic carbocycles. The summed E-state index contributed by atoms with van der Waals surface area (Å²) in [7, 11) is 3.90. The van der Waals surface area contributed by atoms with E-state index >= 15 is 0 Å². The maximum absolute atomic E-state index is 11.6. The standard InChI is InChI=1S/C10H18N2O/c1-4-12-6-5-9(7-11(2)3)10(13)8-12/h7H,4-6,8H2,1-3H3/b9-7+. The molecule has 0 aromatic rings. The molecule has 0 spiro atoms. The lowest BCUT2D eigenvalue weighted by Crippen LogP contribution is -2.37. The molecule has 1 heterocycles. The van der Waals surface area contributed by atoms with Crippen molar-refractivity contribution in [3.8, 4) is 0 Å². The second-order valence-electron chi connectivity index (χ2n) is 3.66. The van der Waals surface area contributed by atoms with E-state index in [2.05, 4.69) is 11.8 Å². The molecule has 0 amide bonds. The Morgan fingerprint density at radius 2 is 2.23 bits per heavy atom. The van der Waals surface area contributed by atoms with Crippen LogP contribution in [0.2, 0.25) is 0 Å². The molecule has 3 nitrogen and oxygen atoms in total. The molecule has 1 saturated heterocycles. The van der Waals surface area contributed by atoms with Crippen LogP contribution in [0.4, 0.5) is 0 Å². The van der Waals surface area contributed by atoms with Crippen LogP contribution >= 0.6 is 0 Å². The van der Waals surface area contributed by atoms with E-state index in [0.29, 0.717) is 6.54 Å². The van der Waals surface area contributed by atoms with Gasteiger partial charge in [-0.25, -0.2) is 0 Å². The smallest absolute Gasteiger partial charge is 0.174 e. The molecule has 0 atom stereocenters. The van der Waals surface area contributed by atoms with Crippen molar-refractivity contribution in [1.29, 1.82) is 0 Å². The van der Waals surface area contributed by atoms with Gasteiger partial charge in [0.15, 0.2) is 5.78 Å². The average Bonchev–Trinajstić information content (AvgIpc) is 2.08. The first-order valence-corrected chi connectivity index (χ1v) is 4.76. The molecule has 1 fully saturated rings. The van der Waals surface area contributed by atoms with E-state index in [0.717, 1.165) is 25.1 Å². The van der Waals surface area contributed by atoms with Gasteiger partial charge in [-0.2, -0.15) is 0 Å². The lowest BCUT2D eigenvalue weighted by molar-refractivity contribution is -0.118. The quantitative estimate of drug-likeness (QED) is 0.588. The lowest BCUT2D eigenvalue weighted by atomic mass is 10.0. The number of likely N-dealkylation sites (N-methyl/N-ethyl adjacent to an activating group) is 1. The van der Waals surface area contributed by atoms with Crippen molar-refractivity contribution >= 4 is 5.78 Å². The Hall–Kier alpha value is -0.830. The number of nitrogens with zero attached hydrogens (tertiary/aromatic N) is 2. The van der Waals surface area contributed by atoms with Gasteiger partial charge in [-0.05, 0) is 13.0 Å². The summed E-state index contributed by atoms with van der Waals surface area (Å²) in [6, 6.07) is 0. The normalized spacial score (nSPS) is 22.4. The van der Waals surface area contributed by atoms with Crippen molar-refractivity contribution in [3.05, 3.63) is 11.8 Å². The average molecular weight is 182 g/mol. The van der Waals surface area contributed by atoms with Gasteiger partial charge in [0.05, 0.1) is 6.54 Å². The summed E-state index contributed by atoms with van der Waals surface area (Å²) in [6.45, 7) is 4.67. The Labute approximate surface area is 80.0 Å². The predicted molar refractivity (Wildman–Crippen MR) is 53.5 cm³/mol. The molecule has 13 heavy (non-hydrogen) atoms.